The molecule has 0 bridgehead atoms. The summed E-state index contributed by atoms with van der Waals surface area (Å²) in [6.07, 6.45) is 2.75. The number of carboxylic acids is 1. The lowest BCUT2D eigenvalue weighted by atomic mass is 10.2. The third-order valence-electron chi connectivity index (χ3n) is 2.25. The maximum atomic E-state index is 11.7. The van der Waals surface area contributed by atoms with Crippen molar-refractivity contribution in [1.82, 2.24) is 14.8 Å². The molecule has 7 nitrogen and oxygen atoms in total. The van der Waals surface area contributed by atoms with Crippen LogP contribution in [0.5, 0.6) is 0 Å². The van der Waals surface area contributed by atoms with Crippen LogP contribution in [0.3, 0.4) is 0 Å². The predicted molar refractivity (Wildman–Crippen MR) is 69.8 cm³/mol. The van der Waals surface area contributed by atoms with E-state index >= 15 is 0 Å². The number of carbonyl (C=O) groups is 2. The summed E-state index contributed by atoms with van der Waals surface area (Å²) in [6.45, 7) is 0.0124. The Morgan fingerprint density at radius 2 is 2.21 bits per heavy atom. The van der Waals surface area contributed by atoms with E-state index in [-0.39, 0.29) is 18.0 Å². The molecule has 98 valence electrons. The Kier molecular flexibility index (Phi) is 3.91. The molecular formula is C11H9BrN4O3. The first-order chi connectivity index (χ1) is 9.06. The predicted octanol–water partition coefficient (Wildman–Crippen LogP) is 1.38. The molecule has 0 radical (unpaired) electrons. The number of carbonyl (C=O) groups excluding carboxylic acids is 1. The number of benzene rings is 1. The Hall–Kier alpha value is -2.22. The second-order valence-corrected chi connectivity index (χ2v) is 4.50. The molecular weight excluding hydrogens is 316 g/mol. The van der Waals surface area contributed by atoms with Gasteiger partial charge in [0.25, 0.3) is 0 Å². The second-order valence-electron chi connectivity index (χ2n) is 3.64. The van der Waals surface area contributed by atoms with Crippen LogP contribution in [-0.2, 0) is 11.3 Å². The minimum absolute atomic E-state index is 0.0124. The SMILES string of the molecule is O=C(Cn1cncn1)Nc1ccc(Br)c(C(=O)O)c1. The highest BCUT2D eigenvalue weighted by Crippen LogP contribution is 2.21. The van der Waals surface area contributed by atoms with Gasteiger partial charge in [0.2, 0.25) is 5.91 Å². The number of aromatic nitrogens is 3. The number of carboxylic acid groups (broad SMARTS) is 1. The zero-order valence-electron chi connectivity index (χ0n) is 9.58. The smallest absolute Gasteiger partial charge is 0.336 e. The van der Waals surface area contributed by atoms with Gasteiger partial charge in [0.15, 0.2) is 0 Å². The van der Waals surface area contributed by atoms with Crippen molar-refractivity contribution in [2.24, 2.45) is 0 Å². The topological polar surface area (TPSA) is 97.1 Å². The maximum absolute atomic E-state index is 11.7. The van der Waals surface area contributed by atoms with Gasteiger partial charge in [0.1, 0.15) is 19.2 Å². The summed E-state index contributed by atoms with van der Waals surface area (Å²) in [5.41, 5.74) is 0.490. The van der Waals surface area contributed by atoms with Gasteiger partial charge in [-0.15, -0.1) is 0 Å². The molecule has 2 rings (SSSR count). The maximum Gasteiger partial charge on any atom is 0.336 e. The number of nitrogens with zero attached hydrogens (tertiary/aromatic N) is 3. The lowest BCUT2D eigenvalue weighted by molar-refractivity contribution is -0.116. The number of rotatable bonds is 4. The fourth-order valence-electron chi connectivity index (χ4n) is 1.43. The van der Waals surface area contributed by atoms with Crippen molar-refractivity contribution in [3.63, 3.8) is 0 Å². The van der Waals surface area contributed by atoms with Crippen LogP contribution in [-0.4, -0.2) is 31.7 Å². The van der Waals surface area contributed by atoms with E-state index in [2.05, 4.69) is 31.3 Å². The minimum Gasteiger partial charge on any atom is -0.478 e. The summed E-state index contributed by atoms with van der Waals surface area (Å²) in [7, 11) is 0. The van der Waals surface area contributed by atoms with Gasteiger partial charge in [-0.2, -0.15) is 5.10 Å². The Morgan fingerprint density at radius 1 is 1.42 bits per heavy atom. The second kappa shape index (κ2) is 5.61. The van der Waals surface area contributed by atoms with Gasteiger partial charge in [-0.3, -0.25) is 4.79 Å². The summed E-state index contributed by atoms with van der Waals surface area (Å²) >= 11 is 3.13. The molecule has 1 aromatic heterocycles. The lowest BCUT2D eigenvalue weighted by Gasteiger charge is -2.07. The summed E-state index contributed by atoms with van der Waals surface area (Å²) in [4.78, 5) is 26.4. The van der Waals surface area contributed by atoms with Crippen LogP contribution in [0, 0.1) is 0 Å². The minimum atomic E-state index is -1.07. The summed E-state index contributed by atoms with van der Waals surface area (Å²) < 4.78 is 1.82. The highest BCUT2D eigenvalue weighted by Gasteiger charge is 2.10. The number of anilines is 1. The highest BCUT2D eigenvalue weighted by atomic mass is 79.9. The van der Waals surface area contributed by atoms with E-state index in [1.165, 1.54) is 23.4 Å². The van der Waals surface area contributed by atoms with Crippen LogP contribution in [0.2, 0.25) is 0 Å². The average Bonchev–Trinajstić information content (AvgIpc) is 2.84. The van der Waals surface area contributed by atoms with Crippen molar-refractivity contribution in [3.05, 3.63) is 40.9 Å². The van der Waals surface area contributed by atoms with Gasteiger partial charge in [-0.1, -0.05) is 0 Å². The largest absolute Gasteiger partial charge is 0.478 e. The first-order valence-corrected chi connectivity index (χ1v) is 6.00. The van der Waals surface area contributed by atoms with Crippen LogP contribution in [0.4, 0.5) is 5.69 Å². The van der Waals surface area contributed by atoms with Gasteiger partial charge in [0.05, 0.1) is 5.56 Å². The zero-order chi connectivity index (χ0) is 13.8. The monoisotopic (exact) mass is 324 g/mol. The number of nitrogens with one attached hydrogen (secondary N) is 1. The molecule has 1 aromatic carbocycles. The van der Waals surface area contributed by atoms with Gasteiger partial charge < -0.3 is 10.4 Å². The van der Waals surface area contributed by atoms with E-state index in [1.807, 2.05) is 0 Å². The van der Waals surface area contributed by atoms with E-state index in [4.69, 9.17) is 5.11 Å². The van der Waals surface area contributed by atoms with E-state index in [1.54, 1.807) is 12.1 Å². The van der Waals surface area contributed by atoms with Crippen molar-refractivity contribution in [2.75, 3.05) is 5.32 Å². The molecule has 0 saturated heterocycles. The number of hydrogen-bond acceptors (Lipinski definition) is 4. The first-order valence-electron chi connectivity index (χ1n) is 5.21. The molecule has 0 fully saturated rings. The molecule has 0 aliphatic heterocycles. The van der Waals surface area contributed by atoms with Crippen molar-refractivity contribution < 1.29 is 14.7 Å². The summed E-state index contributed by atoms with van der Waals surface area (Å²) in [6, 6.07) is 4.55. The normalized spacial score (nSPS) is 10.2. The van der Waals surface area contributed by atoms with E-state index in [0.717, 1.165) is 0 Å². The molecule has 8 heteroatoms. The van der Waals surface area contributed by atoms with Crippen molar-refractivity contribution in [2.45, 2.75) is 6.54 Å². The van der Waals surface area contributed by atoms with Gasteiger partial charge >= 0.3 is 5.97 Å². The molecule has 0 spiro atoms. The summed E-state index contributed by atoms with van der Waals surface area (Å²) in [5, 5.41) is 15.4. The van der Waals surface area contributed by atoms with Crippen LogP contribution in [0.15, 0.2) is 35.3 Å². The van der Waals surface area contributed by atoms with Crippen LogP contribution >= 0.6 is 15.9 Å². The highest BCUT2D eigenvalue weighted by molar-refractivity contribution is 9.10. The number of amides is 1. The molecule has 2 aromatic rings. The fourth-order valence-corrected chi connectivity index (χ4v) is 1.85. The van der Waals surface area contributed by atoms with E-state index < -0.39 is 5.97 Å². The average molecular weight is 325 g/mol. The third kappa shape index (κ3) is 3.38. The molecule has 1 heterocycles. The van der Waals surface area contributed by atoms with Crippen molar-refractivity contribution >= 4 is 33.5 Å². The zero-order valence-corrected chi connectivity index (χ0v) is 11.2. The first kappa shape index (κ1) is 13.2. The van der Waals surface area contributed by atoms with Gasteiger partial charge in [0, 0.05) is 10.2 Å². The van der Waals surface area contributed by atoms with Gasteiger partial charge in [-0.05, 0) is 34.1 Å². The molecule has 0 aliphatic rings. The van der Waals surface area contributed by atoms with E-state index in [9.17, 15) is 9.59 Å². The Bertz CT molecular complexity index is 612. The Balaban J connectivity index is 2.09. The quantitative estimate of drug-likeness (QED) is 0.885. The van der Waals surface area contributed by atoms with Crippen LogP contribution in [0.1, 0.15) is 10.4 Å². The summed E-state index contributed by atoms with van der Waals surface area (Å²) in [5.74, 6) is -1.39. The molecule has 0 saturated carbocycles. The van der Waals surface area contributed by atoms with Crippen LogP contribution in [0.25, 0.3) is 0 Å². The fraction of sp³-hybridized carbons (Fsp3) is 0.0909. The molecule has 19 heavy (non-hydrogen) atoms. The Labute approximate surface area is 116 Å². The molecule has 0 aliphatic carbocycles. The number of halogens is 1. The molecule has 2 N–H and O–H groups in total. The van der Waals surface area contributed by atoms with E-state index in [0.29, 0.717) is 10.2 Å². The standard InChI is InChI=1S/C11H9BrN4O3/c12-9-2-1-7(3-8(9)11(18)19)15-10(17)4-16-6-13-5-14-16/h1-3,5-6H,4H2,(H,15,17)(H,18,19). The lowest BCUT2D eigenvalue weighted by Crippen LogP contribution is -2.19. The Morgan fingerprint density at radius 3 is 2.84 bits per heavy atom. The molecule has 1 amide bonds. The molecule has 0 atom stereocenters. The number of aromatic carboxylic acids is 1. The van der Waals surface area contributed by atoms with Crippen molar-refractivity contribution in [3.8, 4) is 0 Å². The third-order valence-corrected chi connectivity index (χ3v) is 2.94. The van der Waals surface area contributed by atoms with Crippen LogP contribution < -0.4 is 5.32 Å². The van der Waals surface area contributed by atoms with Gasteiger partial charge in [-0.25, -0.2) is 14.5 Å². The number of hydrogen-bond donors (Lipinski definition) is 2. The van der Waals surface area contributed by atoms with Crippen molar-refractivity contribution in [1.29, 1.82) is 0 Å². The molecule has 0 unspecified atom stereocenters.